The molecule has 0 aliphatic carbocycles. The third-order valence-electron chi connectivity index (χ3n) is 6.21. The summed E-state index contributed by atoms with van der Waals surface area (Å²) >= 11 is 3.38. The number of imide groups is 1. The van der Waals surface area contributed by atoms with Gasteiger partial charge in [0.1, 0.15) is 12.2 Å². The zero-order valence-corrected chi connectivity index (χ0v) is 21.1. The molecule has 2 atom stereocenters. The van der Waals surface area contributed by atoms with Crippen LogP contribution in [0.3, 0.4) is 0 Å². The first-order chi connectivity index (χ1) is 16.7. The van der Waals surface area contributed by atoms with E-state index in [0.717, 1.165) is 9.37 Å². The highest BCUT2D eigenvalue weighted by Gasteiger charge is 2.51. The fourth-order valence-electron chi connectivity index (χ4n) is 4.24. The number of rotatable bonds is 6. The highest BCUT2D eigenvalue weighted by Crippen LogP contribution is 2.40. The molecule has 0 saturated carbocycles. The first-order valence-corrected chi connectivity index (χ1v) is 11.8. The van der Waals surface area contributed by atoms with Gasteiger partial charge in [0.15, 0.2) is 11.3 Å². The van der Waals surface area contributed by atoms with Crippen LogP contribution >= 0.6 is 15.9 Å². The molecule has 0 fully saturated rings. The summed E-state index contributed by atoms with van der Waals surface area (Å²) in [5.41, 5.74) is -0.566. The van der Waals surface area contributed by atoms with Crippen LogP contribution in [0.1, 0.15) is 36.0 Å². The summed E-state index contributed by atoms with van der Waals surface area (Å²) in [5, 5.41) is 10.6. The van der Waals surface area contributed by atoms with Crippen molar-refractivity contribution in [2.75, 3.05) is 26.9 Å². The third kappa shape index (κ3) is 4.39. The van der Waals surface area contributed by atoms with Gasteiger partial charge in [0.05, 0.1) is 18.0 Å². The van der Waals surface area contributed by atoms with Crippen LogP contribution < -0.4 is 4.74 Å². The van der Waals surface area contributed by atoms with Gasteiger partial charge < -0.3 is 23.9 Å². The quantitative estimate of drug-likeness (QED) is 0.478. The number of carbonyl (C=O) groups is 3. The van der Waals surface area contributed by atoms with E-state index in [1.807, 2.05) is 0 Å². The topological polar surface area (TPSA) is 110 Å². The number of hydrogen-bond donors (Lipinski definition) is 1. The monoisotopic (exact) mass is 544 g/mol. The second-order valence-corrected chi connectivity index (χ2v) is 9.37. The van der Waals surface area contributed by atoms with E-state index < -0.39 is 29.5 Å². The van der Waals surface area contributed by atoms with Gasteiger partial charge in [-0.3, -0.25) is 9.59 Å². The Morgan fingerprint density at radius 2 is 1.97 bits per heavy atom. The predicted octanol–water partition coefficient (Wildman–Crippen LogP) is 4.70. The molecule has 0 saturated heterocycles. The Kier molecular flexibility index (Phi) is 6.86. The Hall–Kier alpha value is -3.37. The van der Waals surface area contributed by atoms with Crippen LogP contribution in [-0.4, -0.2) is 65.2 Å². The lowest BCUT2D eigenvalue weighted by Crippen LogP contribution is -2.63. The average Bonchev–Trinajstić information content (AvgIpc) is 3.15. The SMILES string of the molecule is COCCN1C(=O)c2oc3cc(Br)ccc3c2OC[C@@]1(C)C(=O)N(C(=O)O)[C@@H](C)c1ccccc1. The number of carbonyl (C=O) groups excluding carboxylic acids is 2. The molecular formula is C25H25BrN2O7. The van der Waals surface area contributed by atoms with Gasteiger partial charge in [0.2, 0.25) is 5.76 Å². The van der Waals surface area contributed by atoms with Crippen LogP contribution in [0, 0.1) is 0 Å². The smallest absolute Gasteiger partial charge is 0.414 e. The predicted molar refractivity (Wildman–Crippen MR) is 130 cm³/mol. The van der Waals surface area contributed by atoms with E-state index in [1.165, 1.54) is 18.9 Å². The maximum atomic E-state index is 13.9. The molecular weight excluding hydrogens is 520 g/mol. The molecule has 0 bridgehead atoms. The summed E-state index contributed by atoms with van der Waals surface area (Å²) in [5.74, 6) is -1.21. The van der Waals surface area contributed by atoms with Crippen molar-refractivity contribution in [3.05, 3.63) is 64.3 Å². The average molecular weight is 545 g/mol. The van der Waals surface area contributed by atoms with Gasteiger partial charge in [-0.2, -0.15) is 0 Å². The van der Waals surface area contributed by atoms with E-state index in [0.29, 0.717) is 16.5 Å². The van der Waals surface area contributed by atoms with Crippen molar-refractivity contribution >= 4 is 44.8 Å². The Morgan fingerprint density at radius 3 is 2.63 bits per heavy atom. The molecule has 184 valence electrons. The van der Waals surface area contributed by atoms with Gasteiger partial charge >= 0.3 is 6.09 Å². The minimum absolute atomic E-state index is 0.0221. The van der Waals surface area contributed by atoms with Crippen LogP contribution in [0.25, 0.3) is 11.0 Å². The molecule has 1 aliphatic rings. The molecule has 4 rings (SSSR count). The minimum Gasteiger partial charge on any atom is -0.486 e. The lowest BCUT2D eigenvalue weighted by atomic mass is 9.96. The van der Waals surface area contributed by atoms with Crippen LogP contribution in [0.2, 0.25) is 0 Å². The van der Waals surface area contributed by atoms with Crippen LogP contribution in [0.15, 0.2) is 57.4 Å². The lowest BCUT2D eigenvalue weighted by Gasteiger charge is -2.40. The van der Waals surface area contributed by atoms with Crippen molar-refractivity contribution < 1.29 is 33.4 Å². The number of methoxy groups -OCH3 is 1. The molecule has 0 radical (unpaired) electrons. The first kappa shape index (κ1) is 24.7. The molecule has 2 aromatic carbocycles. The molecule has 1 aliphatic heterocycles. The summed E-state index contributed by atoms with van der Waals surface area (Å²) in [6.07, 6.45) is -1.43. The van der Waals surface area contributed by atoms with Crippen molar-refractivity contribution in [1.82, 2.24) is 9.80 Å². The van der Waals surface area contributed by atoms with Crippen LogP contribution in [-0.2, 0) is 9.53 Å². The van der Waals surface area contributed by atoms with E-state index in [9.17, 15) is 19.5 Å². The standard InChI is InChI=1S/C25H25BrN2O7/c1-15(16-7-5-4-6-8-16)28(24(31)32)23(30)25(2)14-34-20-18-10-9-17(26)13-19(18)35-21(20)22(29)27(25)11-12-33-3/h4-10,13,15H,11-12,14H2,1-3H3,(H,31,32)/t15-,25-/m0/s1. The maximum Gasteiger partial charge on any atom is 0.414 e. The number of carboxylic acid groups (broad SMARTS) is 1. The van der Waals surface area contributed by atoms with Crippen LogP contribution in [0.5, 0.6) is 5.75 Å². The van der Waals surface area contributed by atoms with E-state index in [1.54, 1.807) is 55.5 Å². The summed E-state index contributed by atoms with van der Waals surface area (Å²) in [7, 11) is 1.48. The Labute approximate surface area is 210 Å². The van der Waals surface area contributed by atoms with Crippen molar-refractivity contribution in [3.63, 3.8) is 0 Å². The van der Waals surface area contributed by atoms with Gasteiger partial charge in [0, 0.05) is 18.1 Å². The van der Waals surface area contributed by atoms with E-state index in [2.05, 4.69) is 15.9 Å². The lowest BCUT2D eigenvalue weighted by molar-refractivity contribution is -0.144. The molecule has 1 N–H and O–H groups in total. The van der Waals surface area contributed by atoms with Gasteiger partial charge in [-0.05, 0) is 37.6 Å². The number of halogens is 1. The summed E-state index contributed by atoms with van der Waals surface area (Å²) in [6, 6.07) is 13.3. The van der Waals surface area contributed by atoms with Crippen molar-refractivity contribution in [2.45, 2.75) is 25.4 Å². The zero-order chi connectivity index (χ0) is 25.3. The maximum absolute atomic E-state index is 13.9. The molecule has 35 heavy (non-hydrogen) atoms. The Bertz CT molecular complexity index is 1280. The molecule has 3 amide bonds. The van der Waals surface area contributed by atoms with Gasteiger partial charge in [-0.25, -0.2) is 9.69 Å². The zero-order valence-electron chi connectivity index (χ0n) is 19.5. The van der Waals surface area contributed by atoms with Gasteiger partial charge in [-0.1, -0.05) is 46.3 Å². The first-order valence-electron chi connectivity index (χ1n) is 11.0. The number of fused-ring (bicyclic) bond motifs is 3. The second-order valence-electron chi connectivity index (χ2n) is 8.46. The number of benzene rings is 2. The summed E-state index contributed by atoms with van der Waals surface area (Å²) in [6.45, 7) is 3.00. The highest BCUT2D eigenvalue weighted by atomic mass is 79.9. The number of ether oxygens (including phenoxy) is 2. The fraction of sp³-hybridized carbons (Fsp3) is 0.320. The van der Waals surface area contributed by atoms with Gasteiger partial charge in [-0.15, -0.1) is 0 Å². The number of amides is 3. The van der Waals surface area contributed by atoms with E-state index >= 15 is 0 Å². The normalized spacial score (nSPS) is 18.5. The molecule has 3 aromatic rings. The molecule has 9 nitrogen and oxygen atoms in total. The highest BCUT2D eigenvalue weighted by molar-refractivity contribution is 9.10. The van der Waals surface area contributed by atoms with Gasteiger partial charge in [0.25, 0.3) is 11.8 Å². The number of nitrogens with zero attached hydrogens (tertiary/aromatic N) is 2. The molecule has 2 heterocycles. The fourth-order valence-corrected chi connectivity index (χ4v) is 4.58. The van der Waals surface area contributed by atoms with Crippen LogP contribution in [0.4, 0.5) is 4.79 Å². The molecule has 10 heteroatoms. The van der Waals surface area contributed by atoms with E-state index in [-0.39, 0.29) is 31.3 Å². The second kappa shape index (κ2) is 9.71. The summed E-state index contributed by atoms with van der Waals surface area (Å²) < 4.78 is 17.8. The summed E-state index contributed by atoms with van der Waals surface area (Å²) in [4.78, 5) is 42.0. The Morgan fingerprint density at radius 1 is 1.26 bits per heavy atom. The number of furan rings is 1. The third-order valence-corrected chi connectivity index (χ3v) is 6.71. The van der Waals surface area contributed by atoms with Crippen molar-refractivity contribution in [3.8, 4) is 5.75 Å². The molecule has 0 spiro atoms. The molecule has 0 unspecified atom stereocenters. The van der Waals surface area contributed by atoms with Crippen molar-refractivity contribution in [1.29, 1.82) is 0 Å². The minimum atomic E-state index is -1.65. The Balaban J connectivity index is 1.78. The largest absolute Gasteiger partial charge is 0.486 e. The number of hydrogen-bond acceptors (Lipinski definition) is 6. The molecule has 1 aromatic heterocycles. The van der Waals surface area contributed by atoms with Crippen molar-refractivity contribution in [2.24, 2.45) is 0 Å². The van der Waals surface area contributed by atoms with E-state index in [4.69, 9.17) is 13.9 Å².